The summed E-state index contributed by atoms with van der Waals surface area (Å²) in [5.41, 5.74) is 2.65. The number of hydrogen-bond donors (Lipinski definition) is 1. The van der Waals surface area contributed by atoms with Crippen molar-refractivity contribution < 1.29 is 9.90 Å². The fraction of sp³-hybridized carbons (Fsp3) is 0.500. The number of aliphatic hydroxyl groups is 1. The highest BCUT2D eigenvalue weighted by Crippen LogP contribution is 2.19. The number of carbonyl (C=O) groups is 1. The van der Waals surface area contributed by atoms with Crippen molar-refractivity contribution >= 4 is 5.91 Å². The van der Waals surface area contributed by atoms with Crippen LogP contribution in [0, 0.1) is 24.7 Å². The Balaban J connectivity index is 2.15. The second-order valence-electron chi connectivity index (χ2n) is 5.78. The number of amides is 1. The summed E-state index contributed by atoms with van der Waals surface area (Å²) in [6, 6.07) is 5.70. The van der Waals surface area contributed by atoms with Gasteiger partial charge in [-0.1, -0.05) is 24.8 Å². The van der Waals surface area contributed by atoms with Gasteiger partial charge in [0.15, 0.2) is 0 Å². The van der Waals surface area contributed by atoms with Crippen molar-refractivity contribution in [1.82, 2.24) is 4.90 Å². The molecular weight excluding hydrogens is 262 g/mol. The number of piperidine rings is 1. The minimum atomic E-state index is 0.0661. The first-order valence-corrected chi connectivity index (χ1v) is 7.61. The van der Waals surface area contributed by atoms with Gasteiger partial charge in [-0.05, 0) is 43.4 Å². The summed E-state index contributed by atoms with van der Waals surface area (Å²) < 4.78 is 0. The SMILES string of the molecule is Cc1ccc(C(=O)N2CCC(C)CC2)cc1C#CCCO. The summed E-state index contributed by atoms with van der Waals surface area (Å²) in [5.74, 6) is 6.78. The van der Waals surface area contributed by atoms with E-state index in [2.05, 4.69) is 18.8 Å². The lowest BCUT2D eigenvalue weighted by atomic mass is 9.98. The van der Waals surface area contributed by atoms with Gasteiger partial charge in [0.25, 0.3) is 5.91 Å². The predicted octanol–water partition coefficient (Wildman–Crippen LogP) is 2.60. The van der Waals surface area contributed by atoms with Crippen LogP contribution in [0.4, 0.5) is 0 Å². The predicted molar refractivity (Wildman–Crippen MR) is 84.1 cm³/mol. The molecule has 0 aliphatic carbocycles. The molecule has 1 aromatic carbocycles. The van der Waals surface area contributed by atoms with Crippen molar-refractivity contribution in [1.29, 1.82) is 0 Å². The van der Waals surface area contributed by atoms with Crippen molar-refractivity contribution in [2.24, 2.45) is 5.92 Å². The molecule has 21 heavy (non-hydrogen) atoms. The molecule has 1 aliphatic rings. The normalized spacial score (nSPS) is 15.5. The number of nitrogens with zero attached hydrogens (tertiary/aromatic N) is 1. The molecule has 1 aliphatic heterocycles. The molecule has 3 heteroatoms. The molecular formula is C18H23NO2. The molecule has 1 amide bonds. The third-order valence-corrected chi connectivity index (χ3v) is 4.02. The van der Waals surface area contributed by atoms with E-state index in [1.165, 1.54) is 0 Å². The minimum Gasteiger partial charge on any atom is -0.395 e. The minimum absolute atomic E-state index is 0.0661. The smallest absolute Gasteiger partial charge is 0.253 e. The molecule has 0 atom stereocenters. The first kappa shape index (κ1) is 15.6. The van der Waals surface area contributed by atoms with Gasteiger partial charge in [-0.2, -0.15) is 0 Å². The van der Waals surface area contributed by atoms with Crippen molar-refractivity contribution in [3.8, 4) is 11.8 Å². The van der Waals surface area contributed by atoms with Gasteiger partial charge in [-0.25, -0.2) is 0 Å². The first-order chi connectivity index (χ1) is 10.1. The van der Waals surface area contributed by atoms with E-state index in [4.69, 9.17) is 5.11 Å². The summed E-state index contributed by atoms with van der Waals surface area (Å²) in [6.07, 6.45) is 2.63. The Kier molecular flexibility index (Phi) is 5.41. The van der Waals surface area contributed by atoms with Crippen molar-refractivity contribution in [3.63, 3.8) is 0 Å². The molecule has 0 bridgehead atoms. The molecule has 1 fully saturated rings. The van der Waals surface area contributed by atoms with Gasteiger partial charge >= 0.3 is 0 Å². The van der Waals surface area contributed by atoms with Crippen LogP contribution in [0.3, 0.4) is 0 Å². The Hall–Kier alpha value is -1.79. The van der Waals surface area contributed by atoms with E-state index in [0.717, 1.165) is 37.1 Å². The van der Waals surface area contributed by atoms with E-state index < -0.39 is 0 Å². The fourth-order valence-electron chi connectivity index (χ4n) is 2.50. The van der Waals surface area contributed by atoms with Crippen LogP contribution in [-0.4, -0.2) is 35.6 Å². The molecule has 3 nitrogen and oxygen atoms in total. The molecule has 0 radical (unpaired) electrons. The summed E-state index contributed by atoms with van der Waals surface area (Å²) >= 11 is 0. The average molecular weight is 285 g/mol. The molecule has 0 saturated carbocycles. The molecule has 0 aromatic heterocycles. The van der Waals surface area contributed by atoms with Crippen molar-refractivity contribution in [2.45, 2.75) is 33.1 Å². The highest BCUT2D eigenvalue weighted by Gasteiger charge is 2.21. The number of likely N-dealkylation sites (tertiary alicyclic amines) is 1. The maximum atomic E-state index is 12.5. The maximum Gasteiger partial charge on any atom is 0.253 e. The summed E-state index contributed by atoms with van der Waals surface area (Å²) in [4.78, 5) is 14.5. The number of carbonyl (C=O) groups excluding carboxylic acids is 1. The van der Waals surface area contributed by atoms with Crippen LogP contribution < -0.4 is 0 Å². The number of hydrogen-bond acceptors (Lipinski definition) is 2. The molecule has 2 rings (SSSR count). The Labute approximate surface area is 127 Å². The van der Waals surface area contributed by atoms with Crippen LogP contribution in [-0.2, 0) is 0 Å². The van der Waals surface area contributed by atoms with Crippen LogP contribution in [0.15, 0.2) is 18.2 Å². The average Bonchev–Trinajstić information content (AvgIpc) is 2.49. The quantitative estimate of drug-likeness (QED) is 0.849. The molecule has 1 N–H and O–H groups in total. The number of rotatable bonds is 2. The molecule has 1 aromatic rings. The molecule has 0 unspecified atom stereocenters. The second kappa shape index (κ2) is 7.28. The standard InChI is InChI=1S/C18H23NO2/c1-14-8-10-19(11-9-14)18(21)17-7-6-15(2)16(13-17)5-3-4-12-20/h6-7,13-14,20H,4,8-12H2,1-2H3. The second-order valence-corrected chi connectivity index (χ2v) is 5.78. The van der Waals surface area contributed by atoms with Crippen LogP contribution >= 0.6 is 0 Å². The Morgan fingerprint density at radius 2 is 2.10 bits per heavy atom. The molecule has 1 saturated heterocycles. The maximum absolute atomic E-state index is 12.5. The van der Waals surface area contributed by atoms with Gasteiger partial charge in [0.2, 0.25) is 0 Å². The summed E-state index contributed by atoms with van der Waals surface area (Å²) in [6.45, 7) is 5.98. The van der Waals surface area contributed by atoms with Gasteiger partial charge in [-0.15, -0.1) is 0 Å². The van der Waals surface area contributed by atoms with E-state index in [9.17, 15) is 4.79 Å². The zero-order valence-electron chi connectivity index (χ0n) is 12.9. The van der Waals surface area contributed by atoms with Crippen LogP contribution in [0.1, 0.15) is 47.7 Å². The molecule has 1 heterocycles. The van der Waals surface area contributed by atoms with Gasteiger partial charge in [0, 0.05) is 30.6 Å². The third-order valence-electron chi connectivity index (χ3n) is 4.02. The highest BCUT2D eigenvalue weighted by molar-refractivity contribution is 5.94. The monoisotopic (exact) mass is 285 g/mol. The largest absolute Gasteiger partial charge is 0.395 e. The van der Waals surface area contributed by atoms with Crippen LogP contribution in [0.2, 0.25) is 0 Å². The third kappa shape index (κ3) is 4.09. The summed E-state index contributed by atoms with van der Waals surface area (Å²) in [7, 11) is 0. The molecule has 112 valence electrons. The number of aliphatic hydroxyl groups excluding tert-OH is 1. The van der Waals surface area contributed by atoms with Crippen LogP contribution in [0.5, 0.6) is 0 Å². The topological polar surface area (TPSA) is 40.5 Å². The Morgan fingerprint density at radius 1 is 1.38 bits per heavy atom. The molecule has 0 spiro atoms. The Bertz CT molecular complexity index is 560. The van der Waals surface area contributed by atoms with Gasteiger partial charge in [0.1, 0.15) is 0 Å². The van der Waals surface area contributed by atoms with E-state index in [1.807, 2.05) is 30.0 Å². The van der Waals surface area contributed by atoms with Gasteiger partial charge in [0.05, 0.1) is 6.61 Å². The lowest BCUT2D eigenvalue weighted by molar-refractivity contribution is 0.0697. The van der Waals surface area contributed by atoms with E-state index in [0.29, 0.717) is 17.9 Å². The lowest BCUT2D eigenvalue weighted by Gasteiger charge is -2.30. The van der Waals surface area contributed by atoms with Gasteiger partial charge in [-0.3, -0.25) is 4.79 Å². The van der Waals surface area contributed by atoms with E-state index in [-0.39, 0.29) is 12.5 Å². The van der Waals surface area contributed by atoms with Crippen molar-refractivity contribution in [3.05, 3.63) is 34.9 Å². The highest BCUT2D eigenvalue weighted by atomic mass is 16.2. The lowest BCUT2D eigenvalue weighted by Crippen LogP contribution is -2.37. The van der Waals surface area contributed by atoms with Crippen LogP contribution in [0.25, 0.3) is 0 Å². The number of aryl methyl sites for hydroxylation is 1. The van der Waals surface area contributed by atoms with Gasteiger partial charge < -0.3 is 10.0 Å². The van der Waals surface area contributed by atoms with E-state index >= 15 is 0 Å². The first-order valence-electron chi connectivity index (χ1n) is 7.61. The zero-order chi connectivity index (χ0) is 15.2. The van der Waals surface area contributed by atoms with Crippen molar-refractivity contribution in [2.75, 3.05) is 19.7 Å². The number of benzene rings is 1. The fourth-order valence-corrected chi connectivity index (χ4v) is 2.50. The Morgan fingerprint density at radius 3 is 2.76 bits per heavy atom. The van der Waals surface area contributed by atoms with E-state index in [1.54, 1.807) is 0 Å². The summed E-state index contributed by atoms with van der Waals surface area (Å²) in [5, 5.41) is 8.78. The zero-order valence-corrected chi connectivity index (χ0v) is 12.9.